The average molecular weight is 380 g/mol. The summed E-state index contributed by atoms with van der Waals surface area (Å²) in [5.41, 5.74) is 5.51. The van der Waals surface area contributed by atoms with Gasteiger partial charge in [-0.1, -0.05) is 17.7 Å². The number of carbonyl (C=O) groups is 1. The van der Waals surface area contributed by atoms with E-state index in [9.17, 15) is 9.90 Å². The van der Waals surface area contributed by atoms with E-state index >= 15 is 0 Å². The second-order valence-corrected chi connectivity index (χ2v) is 6.85. The van der Waals surface area contributed by atoms with Crippen LogP contribution in [0.4, 0.5) is 0 Å². The summed E-state index contributed by atoms with van der Waals surface area (Å²) in [6.45, 7) is 8.37. The Balaban J connectivity index is 2.26. The quantitative estimate of drug-likeness (QED) is 0.832. The largest absolute Gasteiger partial charge is 0.481 e. The minimum atomic E-state index is -0.858. The van der Waals surface area contributed by atoms with E-state index in [1.54, 1.807) is 11.5 Å². The first kappa shape index (κ1) is 17.6. The zero-order chi connectivity index (χ0) is 17.3. The summed E-state index contributed by atoms with van der Waals surface area (Å²) in [5.74, 6) is -0.808. The van der Waals surface area contributed by atoms with Gasteiger partial charge >= 0.3 is 5.97 Å². The maximum Gasteiger partial charge on any atom is 0.312 e. The number of halogens is 1. The normalized spacial score (nSPS) is 12.3. The lowest BCUT2D eigenvalue weighted by molar-refractivity contribution is -0.138. The Labute approximate surface area is 145 Å². The molecule has 1 unspecified atom stereocenters. The SMILES string of the molecule is Cc1cc(C)c(COc2cc(Br)c(C(C)C(=O)O)n2C)c(C)c1. The minimum Gasteiger partial charge on any atom is -0.481 e. The number of carboxylic acids is 1. The number of nitrogens with zero attached hydrogens (tertiary/aromatic N) is 1. The standard InChI is InChI=1S/C18H22BrNO3/c1-10-6-11(2)14(12(3)7-10)9-23-16-8-15(19)17(20(16)5)13(4)18(21)22/h6-8,13H,9H2,1-5H3,(H,21,22). The van der Waals surface area contributed by atoms with Gasteiger partial charge in [0.25, 0.3) is 0 Å². The van der Waals surface area contributed by atoms with Gasteiger partial charge < -0.3 is 14.4 Å². The van der Waals surface area contributed by atoms with Gasteiger partial charge in [-0.2, -0.15) is 0 Å². The Morgan fingerprint density at radius 1 is 1.26 bits per heavy atom. The molecule has 4 nitrogen and oxygen atoms in total. The van der Waals surface area contributed by atoms with Crippen molar-refractivity contribution in [3.8, 4) is 5.88 Å². The molecular weight excluding hydrogens is 358 g/mol. The number of aryl methyl sites for hydroxylation is 3. The molecule has 1 atom stereocenters. The van der Waals surface area contributed by atoms with Crippen molar-refractivity contribution in [2.24, 2.45) is 7.05 Å². The van der Waals surface area contributed by atoms with Crippen molar-refractivity contribution in [1.82, 2.24) is 4.57 Å². The fourth-order valence-electron chi connectivity index (χ4n) is 2.89. The van der Waals surface area contributed by atoms with Crippen LogP contribution in [-0.4, -0.2) is 15.6 Å². The van der Waals surface area contributed by atoms with Gasteiger partial charge in [0.2, 0.25) is 0 Å². The third-order valence-corrected chi connectivity index (χ3v) is 4.81. The summed E-state index contributed by atoms with van der Waals surface area (Å²) in [6, 6.07) is 6.11. The van der Waals surface area contributed by atoms with Gasteiger partial charge in [-0.15, -0.1) is 0 Å². The smallest absolute Gasteiger partial charge is 0.312 e. The maximum absolute atomic E-state index is 11.2. The predicted molar refractivity (Wildman–Crippen MR) is 94.1 cm³/mol. The van der Waals surface area contributed by atoms with E-state index in [0.29, 0.717) is 18.2 Å². The highest BCUT2D eigenvalue weighted by molar-refractivity contribution is 9.10. The van der Waals surface area contributed by atoms with E-state index in [-0.39, 0.29) is 0 Å². The van der Waals surface area contributed by atoms with Gasteiger partial charge in [0.05, 0.1) is 5.92 Å². The first-order valence-electron chi connectivity index (χ1n) is 7.49. The number of aromatic nitrogens is 1. The van der Waals surface area contributed by atoms with Crippen LogP contribution in [0, 0.1) is 20.8 Å². The molecule has 0 aliphatic heterocycles. The molecular formula is C18H22BrNO3. The Hall–Kier alpha value is -1.75. The van der Waals surface area contributed by atoms with Gasteiger partial charge in [0.1, 0.15) is 6.61 Å². The number of hydrogen-bond acceptors (Lipinski definition) is 2. The van der Waals surface area contributed by atoms with Gasteiger partial charge in [-0.25, -0.2) is 0 Å². The van der Waals surface area contributed by atoms with Crippen LogP contribution < -0.4 is 4.74 Å². The molecule has 0 amide bonds. The van der Waals surface area contributed by atoms with Gasteiger partial charge in [-0.3, -0.25) is 4.79 Å². The molecule has 1 N–H and O–H groups in total. The summed E-state index contributed by atoms with van der Waals surface area (Å²) in [5, 5.41) is 9.23. The van der Waals surface area contributed by atoms with Crippen molar-refractivity contribution < 1.29 is 14.6 Å². The molecule has 1 heterocycles. The lowest BCUT2D eigenvalue weighted by Crippen LogP contribution is -2.13. The molecule has 0 bridgehead atoms. The second-order valence-electron chi connectivity index (χ2n) is 6.00. The molecule has 1 aromatic heterocycles. The Morgan fingerprint density at radius 2 is 1.83 bits per heavy atom. The molecule has 1 aromatic carbocycles. The molecule has 0 spiro atoms. The molecule has 124 valence electrons. The van der Waals surface area contributed by atoms with Crippen LogP contribution in [-0.2, 0) is 18.4 Å². The molecule has 0 fully saturated rings. The molecule has 0 radical (unpaired) electrons. The van der Waals surface area contributed by atoms with Crippen molar-refractivity contribution >= 4 is 21.9 Å². The molecule has 0 aliphatic rings. The highest BCUT2D eigenvalue weighted by Gasteiger charge is 2.23. The summed E-state index contributed by atoms with van der Waals surface area (Å²) < 4.78 is 8.50. The molecule has 2 aromatic rings. The van der Waals surface area contributed by atoms with Crippen molar-refractivity contribution in [2.45, 2.75) is 40.2 Å². The zero-order valence-electron chi connectivity index (χ0n) is 14.1. The Kier molecular flexibility index (Phi) is 5.19. The lowest BCUT2D eigenvalue weighted by atomic mass is 10.0. The van der Waals surface area contributed by atoms with Gasteiger partial charge in [-0.05, 0) is 60.3 Å². The number of aliphatic carboxylic acids is 1. The summed E-state index contributed by atoms with van der Waals surface area (Å²) in [6.07, 6.45) is 0. The number of hydrogen-bond donors (Lipinski definition) is 1. The highest BCUT2D eigenvalue weighted by Crippen LogP contribution is 2.32. The van der Waals surface area contributed by atoms with Crippen LogP contribution in [0.3, 0.4) is 0 Å². The van der Waals surface area contributed by atoms with Crippen LogP contribution in [0.2, 0.25) is 0 Å². The van der Waals surface area contributed by atoms with Crippen LogP contribution in [0.1, 0.15) is 40.8 Å². The first-order valence-corrected chi connectivity index (χ1v) is 8.29. The zero-order valence-corrected chi connectivity index (χ0v) is 15.7. The molecule has 0 aliphatic carbocycles. The minimum absolute atomic E-state index is 0.461. The van der Waals surface area contributed by atoms with Crippen molar-refractivity contribution in [3.05, 3.63) is 50.6 Å². The molecule has 23 heavy (non-hydrogen) atoms. The van der Waals surface area contributed by atoms with Gasteiger partial charge in [0, 0.05) is 23.3 Å². The fourth-order valence-corrected chi connectivity index (χ4v) is 3.70. The maximum atomic E-state index is 11.2. The van der Waals surface area contributed by atoms with E-state index in [0.717, 1.165) is 4.47 Å². The van der Waals surface area contributed by atoms with Crippen LogP contribution in [0.15, 0.2) is 22.7 Å². The van der Waals surface area contributed by atoms with Crippen LogP contribution in [0.5, 0.6) is 5.88 Å². The second kappa shape index (κ2) is 6.79. The monoisotopic (exact) mass is 379 g/mol. The van der Waals surface area contributed by atoms with E-state index in [1.165, 1.54) is 22.3 Å². The molecule has 2 rings (SSSR count). The number of benzene rings is 1. The molecule has 0 saturated heterocycles. The summed E-state index contributed by atoms with van der Waals surface area (Å²) in [4.78, 5) is 11.2. The third kappa shape index (κ3) is 3.61. The molecule has 5 heteroatoms. The summed E-state index contributed by atoms with van der Waals surface area (Å²) in [7, 11) is 1.82. The topological polar surface area (TPSA) is 51.5 Å². The van der Waals surface area contributed by atoms with Crippen molar-refractivity contribution in [2.75, 3.05) is 0 Å². The van der Waals surface area contributed by atoms with Crippen molar-refractivity contribution in [1.29, 1.82) is 0 Å². The number of carboxylic acid groups (broad SMARTS) is 1. The number of ether oxygens (including phenoxy) is 1. The highest BCUT2D eigenvalue weighted by atomic mass is 79.9. The van der Waals surface area contributed by atoms with Crippen LogP contribution >= 0.6 is 15.9 Å². The van der Waals surface area contributed by atoms with Gasteiger partial charge in [0.15, 0.2) is 5.88 Å². The third-order valence-electron chi connectivity index (χ3n) is 4.17. The Morgan fingerprint density at radius 3 is 2.35 bits per heavy atom. The Bertz CT molecular complexity index is 726. The fraction of sp³-hybridized carbons (Fsp3) is 0.389. The first-order chi connectivity index (χ1) is 10.7. The van der Waals surface area contributed by atoms with E-state index in [4.69, 9.17) is 4.74 Å². The lowest BCUT2D eigenvalue weighted by Gasteiger charge is -2.14. The average Bonchev–Trinajstić information content (AvgIpc) is 2.71. The van der Waals surface area contributed by atoms with E-state index in [2.05, 4.69) is 48.8 Å². The van der Waals surface area contributed by atoms with Crippen molar-refractivity contribution in [3.63, 3.8) is 0 Å². The van der Waals surface area contributed by atoms with Crippen LogP contribution in [0.25, 0.3) is 0 Å². The van der Waals surface area contributed by atoms with E-state index in [1.807, 2.05) is 13.1 Å². The summed E-state index contributed by atoms with van der Waals surface area (Å²) >= 11 is 3.44. The molecule has 0 saturated carbocycles. The predicted octanol–water partition coefficient (Wildman–Crippen LogP) is 4.48. The van der Waals surface area contributed by atoms with E-state index < -0.39 is 11.9 Å². The number of rotatable bonds is 5.